The first-order chi connectivity index (χ1) is 15.2. The number of rotatable bonds is 6. The van der Waals surface area contributed by atoms with Crippen LogP contribution in [0.5, 0.6) is 0 Å². The van der Waals surface area contributed by atoms with Gasteiger partial charge in [-0.2, -0.15) is 4.98 Å². The lowest BCUT2D eigenvalue weighted by atomic mass is 9.91. The quantitative estimate of drug-likeness (QED) is 0.566. The van der Waals surface area contributed by atoms with Gasteiger partial charge in [0, 0.05) is 37.8 Å². The molecule has 8 nitrogen and oxygen atoms in total. The van der Waals surface area contributed by atoms with E-state index in [9.17, 15) is 13.2 Å². The lowest BCUT2D eigenvalue weighted by Gasteiger charge is -2.29. The van der Waals surface area contributed by atoms with Crippen LogP contribution >= 0.6 is 11.3 Å². The maximum atomic E-state index is 12.5. The smallest absolute Gasteiger partial charge is 0.261 e. The second-order valence-corrected chi connectivity index (χ2v) is 11.7. The molecule has 10 heteroatoms. The molecule has 1 amide bonds. The lowest BCUT2D eigenvalue weighted by molar-refractivity contribution is 0.0930. The summed E-state index contributed by atoms with van der Waals surface area (Å²) in [5, 5.41) is 7.53. The van der Waals surface area contributed by atoms with E-state index < -0.39 is 9.84 Å². The third-order valence-corrected chi connectivity index (χ3v) is 8.48. The number of carbonyl (C=O) groups excluding carboxylic acids is 1. The number of thiophene rings is 1. The Labute approximate surface area is 192 Å². The molecule has 1 aromatic carbocycles. The Kier molecular flexibility index (Phi) is 6.34. The second kappa shape index (κ2) is 9.03. The molecule has 0 saturated heterocycles. The van der Waals surface area contributed by atoms with Gasteiger partial charge in [-0.25, -0.2) is 13.4 Å². The van der Waals surface area contributed by atoms with E-state index in [-0.39, 0.29) is 22.2 Å². The molecule has 0 spiro atoms. The highest BCUT2D eigenvalue weighted by molar-refractivity contribution is 7.92. The molecule has 2 heterocycles. The van der Waals surface area contributed by atoms with Gasteiger partial charge in [-0.3, -0.25) is 4.79 Å². The molecule has 0 radical (unpaired) electrons. The molecule has 0 aliphatic heterocycles. The molecule has 0 atom stereocenters. The highest BCUT2D eigenvalue weighted by Gasteiger charge is 2.24. The number of hydrogen-bond donors (Lipinski definition) is 2. The van der Waals surface area contributed by atoms with E-state index >= 15 is 0 Å². The average molecular weight is 474 g/mol. The van der Waals surface area contributed by atoms with Crippen LogP contribution in [-0.4, -0.2) is 56.7 Å². The molecule has 1 saturated carbocycles. The van der Waals surface area contributed by atoms with E-state index in [2.05, 4.69) is 15.6 Å². The fraction of sp³-hybridized carbons (Fsp3) is 0.409. The van der Waals surface area contributed by atoms with Gasteiger partial charge < -0.3 is 15.5 Å². The number of benzene rings is 1. The van der Waals surface area contributed by atoms with Gasteiger partial charge in [-0.05, 0) is 49.9 Å². The summed E-state index contributed by atoms with van der Waals surface area (Å²) < 4.78 is 23.5. The standard InChI is InChI=1S/C22H27N5O3S2/c1-27(2)20-16-6-4-5-7-17(16)25-22(26-20)24-15-10-8-14(9-11-15)23-21(28)18-12-13-19(31-18)32(3,29)30/h4-7,12-15H,8-11H2,1-3H3,(H,23,28)(H,24,25,26). The fourth-order valence-corrected chi connectivity index (χ4v) is 5.76. The summed E-state index contributed by atoms with van der Waals surface area (Å²) in [6.07, 6.45) is 4.59. The van der Waals surface area contributed by atoms with Gasteiger partial charge in [0.1, 0.15) is 10.0 Å². The van der Waals surface area contributed by atoms with Crippen molar-refractivity contribution in [3.8, 4) is 0 Å². The minimum Gasteiger partial charge on any atom is -0.362 e. The molecule has 3 aromatic rings. The first-order valence-corrected chi connectivity index (χ1v) is 13.2. The molecule has 2 aromatic heterocycles. The van der Waals surface area contributed by atoms with E-state index in [4.69, 9.17) is 4.98 Å². The van der Waals surface area contributed by atoms with Gasteiger partial charge >= 0.3 is 0 Å². The second-order valence-electron chi connectivity index (χ2n) is 8.34. The van der Waals surface area contributed by atoms with Gasteiger partial charge in [0.25, 0.3) is 5.91 Å². The molecule has 2 N–H and O–H groups in total. The molecular formula is C22H27N5O3S2. The predicted molar refractivity (Wildman–Crippen MR) is 128 cm³/mol. The van der Waals surface area contributed by atoms with Crippen LogP contribution in [0.3, 0.4) is 0 Å². The Morgan fingerprint density at radius 1 is 1.03 bits per heavy atom. The summed E-state index contributed by atoms with van der Waals surface area (Å²) in [4.78, 5) is 24.3. The van der Waals surface area contributed by atoms with Crippen molar-refractivity contribution in [3.05, 3.63) is 41.3 Å². The Morgan fingerprint density at radius 2 is 1.72 bits per heavy atom. The number of carbonyl (C=O) groups is 1. The van der Waals surface area contributed by atoms with Crippen LogP contribution in [0, 0.1) is 0 Å². The summed E-state index contributed by atoms with van der Waals surface area (Å²) in [5.41, 5.74) is 0.902. The number of sulfone groups is 1. The summed E-state index contributed by atoms with van der Waals surface area (Å²) in [5.74, 6) is 1.28. The van der Waals surface area contributed by atoms with Crippen molar-refractivity contribution in [2.45, 2.75) is 42.0 Å². The van der Waals surface area contributed by atoms with Crippen LogP contribution < -0.4 is 15.5 Å². The molecule has 1 aliphatic rings. The zero-order valence-electron chi connectivity index (χ0n) is 18.3. The number of amides is 1. The Morgan fingerprint density at radius 3 is 2.38 bits per heavy atom. The summed E-state index contributed by atoms with van der Waals surface area (Å²) >= 11 is 1.01. The third-order valence-electron chi connectivity index (χ3n) is 5.57. The van der Waals surface area contributed by atoms with Crippen molar-refractivity contribution in [1.29, 1.82) is 0 Å². The summed E-state index contributed by atoms with van der Waals surface area (Å²) in [7, 11) is 0.650. The summed E-state index contributed by atoms with van der Waals surface area (Å²) in [6, 6.07) is 11.3. The zero-order chi connectivity index (χ0) is 22.9. The fourth-order valence-electron chi connectivity index (χ4n) is 3.93. The van der Waals surface area contributed by atoms with Crippen molar-refractivity contribution in [2.75, 3.05) is 30.6 Å². The van der Waals surface area contributed by atoms with E-state index in [1.165, 1.54) is 6.07 Å². The minimum absolute atomic E-state index is 0.0687. The van der Waals surface area contributed by atoms with Crippen molar-refractivity contribution < 1.29 is 13.2 Å². The monoisotopic (exact) mass is 473 g/mol. The molecule has 0 unspecified atom stereocenters. The van der Waals surface area contributed by atoms with Gasteiger partial charge in [0.15, 0.2) is 9.84 Å². The van der Waals surface area contributed by atoms with Crippen LogP contribution in [0.4, 0.5) is 11.8 Å². The van der Waals surface area contributed by atoms with Crippen LogP contribution in [0.15, 0.2) is 40.6 Å². The Balaban J connectivity index is 1.36. The van der Waals surface area contributed by atoms with Gasteiger partial charge in [0.05, 0.1) is 10.4 Å². The Hall–Kier alpha value is -2.72. The first-order valence-electron chi connectivity index (χ1n) is 10.5. The topological polar surface area (TPSA) is 104 Å². The molecule has 1 aliphatic carbocycles. The Bertz CT molecular complexity index is 1230. The number of para-hydroxylation sites is 1. The number of anilines is 2. The van der Waals surface area contributed by atoms with E-state index in [0.29, 0.717) is 10.8 Å². The third kappa shape index (κ3) is 5.02. The number of fused-ring (bicyclic) bond motifs is 1. The van der Waals surface area contributed by atoms with Gasteiger partial charge in [0.2, 0.25) is 5.95 Å². The zero-order valence-corrected chi connectivity index (χ0v) is 20.0. The number of nitrogens with zero attached hydrogens (tertiary/aromatic N) is 3. The number of aromatic nitrogens is 2. The normalized spacial score (nSPS) is 19.0. The number of hydrogen-bond acceptors (Lipinski definition) is 8. The average Bonchev–Trinajstić information content (AvgIpc) is 3.26. The lowest BCUT2D eigenvalue weighted by Crippen LogP contribution is -2.40. The number of nitrogens with one attached hydrogen (secondary N) is 2. The van der Waals surface area contributed by atoms with Crippen LogP contribution in [-0.2, 0) is 9.84 Å². The maximum absolute atomic E-state index is 12.5. The molecule has 4 rings (SSSR count). The molecule has 0 bridgehead atoms. The van der Waals surface area contributed by atoms with Crippen LogP contribution in [0.2, 0.25) is 0 Å². The summed E-state index contributed by atoms with van der Waals surface area (Å²) in [6.45, 7) is 0. The van der Waals surface area contributed by atoms with Crippen molar-refractivity contribution in [1.82, 2.24) is 15.3 Å². The maximum Gasteiger partial charge on any atom is 0.261 e. The van der Waals surface area contributed by atoms with Crippen molar-refractivity contribution in [3.63, 3.8) is 0 Å². The molecule has 32 heavy (non-hydrogen) atoms. The SMILES string of the molecule is CN(C)c1nc(NC2CCC(NC(=O)c3ccc(S(C)(=O)=O)s3)CC2)nc2ccccc12. The van der Waals surface area contributed by atoms with Gasteiger partial charge in [-0.15, -0.1) is 11.3 Å². The van der Waals surface area contributed by atoms with E-state index in [1.807, 2.05) is 43.3 Å². The van der Waals surface area contributed by atoms with E-state index in [0.717, 1.165) is 60.0 Å². The van der Waals surface area contributed by atoms with Crippen molar-refractivity contribution in [2.24, 2.45) is 0 Å². The highest BCUT2D eigenvalue weighted by atomic mass is 32.2. The van der Waals surface area contributed by atoms with Crippen LogP contribution in [0.1, 0.15) is 35.4 Å². The largest absolute Gasteiger partial charge is 0.362 e. The first kappa shape index (κ1) is 22.5. The molecule has 170 valence electrons. The molecular weight excluding hydrogens is 446 g/mol. The minimum atomic E-state index is -3.29. The van der Waals surface area contributed by atoms with Crippen LogP contribution in [0.25, 0.3) is 10.9 Å². The van der Waals surface area contributed by atoms with Crippen molar-refractivity contribution >= 4 is 49.8 Å². The predicted octanol–water partition coefficient (Wildman–Crippen LogP) is 3.31. The van der Waals surface area contributed by atoms with Gasteiger partial charge in [-0.1, -0.05) is 12.1 Å². The van der Waals surface area contributed by atoms with E-state index in [1.54, 1.807) is 6.07 Å². The highest BCUT2D eigenvalue weighted by Crippen LogP contribution is 2.27. The molecule has 1 fully saturated rings.